The molecule has 350 valence electrons. The molecule has 0 saturated carbocycles. The van der Waals surface area contributed by atoms with Crippen LogP contribution in [-0.2, 0) is 25.7 Å². The molecule has 0 fully saturated rings. The third-order valence-electron chi connectivity index (χ3n) is 11.6. The highest BCUT2D eigenvalue weighted by atomic mass is 16.5. The summed E-state index contributed by atoms with van der Waals surface area (Å²) in [4.78, 5) is 13.6. The molecular formula is C63H59N3O4. The zero-order chi connectivity index (χ0) is 48.5. The lowest BCUT2D eigenvalue weighted by molar-refractivity contribution is 0.304. The van der Waals surface area contributed by atoms with Crippen LogP contribution in [0.5, 0.6) is 23.0 Å². The molecule has 0 atom stereocenters. The number of fused-ring (bicyclic) bond motifs is 8. The molecule has 7 aromatic rings. The predicted molar refractivity (Wildman–Crippen MR) is 281 cm³/mol. The summed E-state index contributed by atoms with van der Waals surface area (Å²) in [5.74, 6) is 23.7. The smallest absolute Gasteiger partial charge is 0.126 e. The maximum absolute atomic E-state index is 6.91. The van der Waals surface area contributed by atoms with Crippen molar-refractivity contribution in [2.24, 2.45) is 0 Å². The lowest BCUT2D eigenvalue weighted by Gasteiger charge is -2.24. The van der Waals surface area contributed by atoms with Crippen LogP contribution in [0.2, 0.25) is 0 Å². The fourth-order valence-corrected chi connectivity index (χ4v) is 8.53. The van der Waals surface area contributed by atoms with Crippen molar-refractivity contribution in [1.29, 1.82) is 0 Å². The van der Waals surface area contributed by atoms with Gasteiger partial charge in [-0.15, -0.1) is 0 Å². The molecule has 1 aliphatic carbocycles. The maximum Gasteiger partial charge on any atom is 0.126 e. The van der Waals surface area contributed by atoms with E-state index < -0.39 is 0 Å². The number of rotatable bonds is 13. The quantitative estimate of drug-likeness (QED) is 0.107. The van der Waals surface area contributed by atoms with Gasteiger partial charge in [-0.3, -0.25) is 0 Å². The van der Waals surface area contributed by atoms with Gasteiger partial charge in [0.25, 0.3) is 0 Å². The molecule has 3 heterocycles. The van der Waals surface area contributed by atoms with Crippen molar-refractivity contribution >= 4 is 6.08 Å². The fourth-order valence-electron chi connectivity index (χ4n) is 8.53. The number of ether oxygens (including phenoxy) is 4. The van der Waals surface area contributed by atoms with Crippen molar-refractivity contribution in [2.45, 2.75) is 79.1 Å². The average Bonchev–Trinajstić information content (AvgIpc) is 3.38. The molecule has 0 spiro atoms. The maximum atomic E-state index is 6.91. The molecule has 4 aromatic carbocycles. The van der Waals surface area contributed by atoms with Gasteiger partial charge < -0.3 is 18.9 Å². The Kier molecular flexibility index (Phi) is 16.8. The fraction of sp³-hybridized carbons (Fsp3) is 0.254. The minimum Gasteiger partial charge on any atom is -0.493 e. The SMILES string of the molecule is C=Cc1cc2c(OCCC)c(c1)Cc1cc(C#Cc3ccccn3)cc(c1OCCC)Cc1cc(C#Cc3ccccn3)cc(c1OCCC)Cc1cc(C#Cc3ccccn3)cc(c1OCCC)C2. The van der Waals surface area contributed by atoms with Crippen molar-refractivity contribution < 1.29 is 18.9 Å². The Morgan fingerprint density at radius 2 is 0.671 bits per heavy atom. The summed E-state index contributed by atoms with van der Waals surface area (Å²) in [5, 5.41) is 0. The first-order valence-corrected chi connectivity index (χ1v) is 24.5. The summed E-state index contributed by atoms with van der Waals surface area (Å²) in [6, 6.07) is 34.7. The van der Waals surface area contributed by atoms with Gasteiger partial charge in [-0.1, -0.05) is 76.3 Å². The molecule has 0 N–H and O–H groups in total. The molecule has 0 saturated heterocycles. The van der Waals surface area contributed by atoms with Gasteiger partial charge in [-0.05, 0) is 145 Å². The minimum absolute atomic E-state index is 0.480. The molecule has 0 radical (unpaired) electrons. The third kappa shape index (κ3) is 12.5. The standard InChI is InChI=1S/C63H59N3O4/c1-6-29-67-60-49-33-45(10-5)34-50(60)42-52-36-47(21-24-58-18-12-15-27-65-58)38-54(62(52)69-31-8-3)44-56-40-48(22-25-59-19-13-16-28-66-59)39-55(63(56)70-32-9-4)43-53-37-46(20-23-57-17-11-14-26-64-57)35-51(41-49)61(53)68-30-7-2/h10-19,26-28,33-40H,5-9,29-32,41-44H2,1-4H3. The number of aromatic nitrogens is 3. The molecule has 7 nitrogen and oxygen atoms in total. The van der Waals surface area contributed by atoms with Crippen LogP contribution in [0, 0.1) is 35.5 Å². The monoisotopic (exact) mass is 921 g/mol. The van der Waals surface area contributed by atoms with Gasteiger partial charge in [0.05, 0.1) is 26.4 Å². The van der Waals surface area contributed by atoms with Gasteiger partial charge in [0, 0.05) is 94.3 Å². The van der Waals surface area contributed by atoms with E-state index >= 15 is 0 Å². The molecule has 70 heavy (non-hydrogen) atoms. The Labute approximate surface area is 414 Å². The first kappa shape index (κ1) is 48.4. The van der Waals surface area contributed by atoms with E-state index in [1.807, 2.05) is 60.7 Å². The number of benzene rings is 4. The zero-order valence-corrected chi connectivity index (χ0v) is 40.8. The number of hydrogen-bond acceptors (Lipinski definition) is 7. The van der Waals surface area contributed by atoms with Gasteiger partial charge in [-0.2, -0.15) is 0 Å². The lowest BCUT2D eigenvalue weighted by atomic mass is 9.88. The Bertz CT molecular complexity index is 2960. The second kappa shape index (κ2) is 24.3. The minimum atomic E-state index is 0.480. The zero-order valence-electron chi connectivity index (χ0n) is 40.8. The van der Waals surface area contributed by atoms with Crippen LogP contribution in [0.15, 0.2) is 128 Å². The number of pyridine rings is 3. The summed E-state index contributed by atoms with van der Waals surface area (Å²) >= 11 is 0. The van der Waals surface area contributed by atoms with Crippen molar-refractivity contribution in [1.82, 2.24) is 15.0 Å². The van der Waals surface area contributed by atoms with Crippen molar-refractivity contribution in [3.63, 3.8) is 0 Å². The van der Waals surface area contributed by atoms with Crippen molar-refractivity contribution in [3.8, 4) is 58.5 Å². The van der Waals surface area contributed by atoms with Gasteiger partial charge >= 0.3 is 0 Å². The summed E-state index contributed by atoms with van der Waals surface area (Å²) in [6.45, 7) is 15.0. The highest BCUT2D eigenvalue weighted by Crippen LogP contribution is 2.41. The van der Waals surface area contributed by atoms with Crippen LogP contribution in [0.1, 0.15) is 137 Å². The molecular weight excluding hydrogens is 863 g/mol. The van der Waals surface area contributed by atoms with E-state index in [0.717, 1.165) is 115 Å². The van der Waals surface area contributed by atoms with Gasteiger partial charge in [0.1, 0.15) is 40.1 Å². The summed E-state index contributed by atoms with van der Waals surface area (Å²) in [5.41, 5.74) is 13.6. The number of hydrogen-bond donors (Lipinski definition) is 0. The average molecular weight is 922 g/mol. The van der Waals surface area contributed by atoms with Crippen LogP contribution in [0.4, 0.5) is 0 Å². The predicted octanol–water partition coefficient (Wildman–Crippen LogP) is 12.5. The Morgan fingerprint density at radius 3 is 0.900 bits per heavy atom. The van der Waals surface area contributed by atoms with Crippen LogP contribution >= 0.6 is 0 Å². The molecule has 3 aromatic heterocycles. The van der Waals surface area contributed by atoms with Crippen LogP contribution in [-0.4, -0.2) is 41.4 Å². The van der Waals surface area contributed by atoms with Crippen LogP contribution in [0.3, 0.4) is 0 Å². The molecule has 0 amide bonds. The molecule has 0 unspecified atom stereocenters. The van der Waals surface area contributed by atoms with E-state index in [9.17, 15) is 0 Å². The van der Waals surface area contributed by atoms with Crippen LogP contribution < -0.4 is 18.9 Å². The van der Waals surface area contributed by atoms with Crippen LogP contribution in [0.25, 0.3) is 6.08 Å². The Balaban J connectivity index is 1.46. The molecule has 7 heteroatoms. The largest absolute Gasteiger partial charge is 0.493 e. The summed E-state index contributed by atoms with van der Waals surface area (Å²) in [6.07, 6.45) is 12.5. The first-order valence-electron chi connectivity index (χ1n) is 24.5. The lowest BCUT2D eigenvalue weighted by Crippen LogP contribution is -2.11. The van der Waals surface area contributed by atoms with Crippen molar-refractivity contribution in [3.05, 3.63) is 212 Å². The van der Waals surface area contributed by atoms with Gasteiger partial charge in [0.15, 0.2) is 0 Å². The molecule has 1 aliphatic rings. The highest BCUT2D eigenvalue weighted by Gasteiger charge is 2.24. The second-order valence-electron chi connectivity index (χ2n) is 17.2. The molecule has 0 aliphatic heterocycles. The molecule has 8 bridgehead atoms. The third-order valence-corrected chi connectivity index (χ3v) is 11.6. The first-order chi connectivity index (χ1) is 34.4. The Hall–Kier alpha value is -8.05. The summed E-state index contributed by atoms with van der Waals surface area (Å²) in [7, 11) is 0. The van der Waals surface area contributed by atoms with Gasteiger partial charge in [-0.25, -0.2) is 15.0 Å². The van der Waals surface area contributed by atoms with E-state index in [4.69, 9.17) is 18.9 Å². The van der Waals surface area contributed by atoms with E-state index in [-0.39, 0.29) is 0 Å². The van der Waals surface area contributed by atoms with E-state index in [1.54, 1.807) is 18.6 Å². The highest BCUT2D eigenvalue weighted by molar-refractivity contribution is 5.63. The topological polar surface area (TPSA) is 75.6 Å². The van der Waals surface area contributed by atoms with Gasteiger partial charge in [0.2, 0.25) is 0 Å². The second-order valence-corrected chi connectivity index (χ2v) is 17.2. The van der Waals surface area contributed by atoms with E-state index in [1.165, 1.54) is 0 Å². The molecule has 8 rings (SSSR count). The van der Waals surface area contributed by atoms with Crippen molar-refractivity contribution in [2.75, 3.05) is 26.4 Å². The summed E-state index contributed by atoms with van der Waals surface area (Å²) < 4.78 is 27.5. The normalized spacial score (nSPS) is 11.4. The number of nitrogens with zero attached hydrogens (tertiary/aromatic N) is 3. The van der Waals surface area contributed by atoms with E-state index in [2.05, 4.69) is 133 Å². The van der Waals surface area contributed by atoms with E-state index in [0.29, 0.717) is 69.2 Å². The Morgan fingerprint density at radius 1 is 0.400 bits per heavy atom.